The lowest BCUT2D eigenvalue weighted by atomic mass is 10.1. The molecule has 0 amide bonds. The second kappa shape index (κ2) is 5.00. The number of fused-ring (bicyclic) bond motifs is 2. The normalized spacial score (nSPS) is 18.6. The molecule has 2 aromatic heterocycles. The molecule has 0 unspecified atom stereocenters. The Morgan fingerprint density at radius 1 is 1.30 bits per heavy atom. The summed E-state index contributed by atoms with van der Waals surface area (Å²) in [6.07, 6.45) is 2.94. The predicted molar refractivity (Wildman–Crippen MR) is 76.0 cm³/mol. The highest BCUT2D eigenvalue weighted by molar-refractivity contribution is 5.22. The van der Waals surface area contributed by atoms with Gasteiger partial charge < -0.3 is 5.32 Å². The van der Waals surface area contributed by atoms with Crippen molar-refractivity contribution in [2.24, 2.45) is 0 Å². The minimum absolute atomic E-state index is 0.939. The van der Waals surface area contributed by atoms with Gasteiger partial charge in [0.25, 0.3) is 0 Å². The zero-order valence-corrected chi connectivity index (χ0v) is 11.5. The number of nitrogens with one attached hydrogen (secondary N) is 1. The van der Waals surface area contributed by atoms with Crippen LogP contribution in [-0.2, 0) is 32.6 Å². The molecule has 0 fully saturated rings. The van der Waals surface area contributed by atoms with Crippen LogP contribution in [0.3, 0.4) is 0 Å². The molecule has 4 heterocycles. The number of pyridine rings is 1. The summed E-state index contributed by atoms with van der Waals surface area (Å²) < 4.78 is 2.14. The second-order valence-electron chi connectivity index (χ2n) is 5.60. The molecule has 5 heteroatoms. The van der Waals surface area contributed by atoms with Gasteiger partial charge >= 0.3 is 0 Å². The lowest BCUT2D eigenvalue weighted by Gasteiger charge is -2.27. The fourth-order valence-corrected chi connectivity index (χ4v) is 3.12. The number of hydrogen-bond donors (Lipinski definition) is 1. The average molecular weight is 269 g/mol. The Labute approximate surface area is 118 Å². The molecule has 0 radical (unpaired) electrons. The van der Waals surface area contributed by atoms with Crippen LogP contribution in [0.25, 0.3) is 0 Å². The maximum Gasteiger partial charge on any atom is 0.0768 e. The van der Waals surface area contributed by atoms with Gasteiger partial charge in [0.05, 0.1) is 17.9 Å². The molecular weight excluding hydrogens is 250 g/mol. The Kier molecular flexibility index (Phi) is 3.01. The summed E-state index contributed by atoms with van der Waals surface area (Å²) in [4.78, 5) is 6.92. The Balaban J connectivity index is 1.49. The SMILES string of the molecule is c1cnc2c(c1)CN(Cc1cc3n(n1)CCNC3)CC2. The van der Waals surface area contributed by atoms with E-state index in [1.165, 1.54) is 22.6 Å². The van der Waals surface area contributed by atoms with Crippen molar-refractivity contribution < 1.29 is 0 Å². The molecule has 2 aromatic rings. The van der Waals surface area contributed by atoms with E-state index in [4.69, 9.17) is 5.10 Å². The standard InChI is InChI=1S/C15H19N5/c1-2-12-10-19(6-3-15(12)17-4-1)11-13-8-14-9-16-5-7-20(14)18-13/h1-2,4,8,16H,3,5-7,9-11H2. The van der Waals surface area contributed by atoms with Crippen LogP contribution in [-0.4, -0.2) is 32.8 Å². The van der Waals surface area contributed by atoms with Crippen molar-refractivity contribution in [3.05, 3.63) is 47.0 Å². The van der Waals surface area contributed by atoms with Crippen LogP contribution >= 0.6 is 0 Å². The van der Waals surface area contributed by atoms with Gasteiger partial charge in [-0.1, -0.05) is 6.07 Å². The Morgan fingerprint density at radius 3 is 3.25 bits per heavy atom. The first-order chi connectivity index (χ1) is 9.88. The van der Waals surface area contributed by atoms with Crippen LogP contribution in [0.15, 0.2) is 24.4 Å². The first-order valence-electron chi connectivity index (χ1n) is 7.30. The molecule has 0 bridgehead atoms. The summed E-state index contributed by atoms with van der Waals surface area (Å²) in [6.45, 7) is 5.96. The van der Waals surface area contributed by atoms with Crippen LogP contribution in [0.1, 0.15) is 22.6 Å². The third-order valence-electron chi connectivity index (χ3n) is 4.15. The van der Waals surface area contributed by atoms with Crippen LogP contribution in [0.2, 0.25) is 0 Å². The van der Waals surface area contributed by atoms with E-state index < -0.39 is 0 Å². The van der Waals surface area contributed by atoms with Gasteiger partial charge in [-0.3, -0.25) is 14.6 Å². The molecule has 0 aromatic carbocycles. The van der Waals surface area contributed by atoms with E-state index in [2.05, 4.69) is 32.0 Å². The van der Waals surface area contributed by atoms with E-state index in [0.717, 1.165) is 45.7 Å². The molecule has 0 atom stereocenters. The maximum absolute atomic E-state index is 4.72. The van der Waals surface area contributed by atoms with Crippen molar-refractivity contribution in [2.45, 2.75) is 32.6 Å². The zero-order valence-electron chi connectivity index (χ0n) is 11.5. The first kappa shape index (κ1) is 12.1. The van der Waals surface area contributed by atoms with E-state index in [0.29, 0.717) is 0 Å². The van der Waals surface area contributed by atoms with Gasteiger partial charge in [0.15, 0.2) is 0 Å². The Bertz CT molecular complexity index is 595. The number of rotatable bonds is 2. The van der Waals surface area contributed by atoms with Crippen molar-refractivity contribution in [3.63, 3.8) is 0 Å². The molecule has 0 aliphatic carbocycles. The molecule has 1 N–H and O–H groups in total. The summed E-state index contributed by atoms with van der Waals surface area (Å²) in [5, 5.41) is 8.11. The summed E-state index contributed by atoms with van der Waals surface area (Å²) in [5.41, 5.74) is 5.13. The van der Waals surface area contributed by atoms with E-state index in [-0.39, 0.29) is 0 Å². The van der Waals surface area contributed by atoms with Crippen molar-refractivity contribution in [1.82, 2.24) is 25.0 Å². The van der Waals surface area contributed by atoms with Crippen LogP contribution in [0, 0.1) is 0 Å². The van der Waals surface area contributed by atoms with Crippen molar-refractivity contribution in [3.8, 4) is 0 Å². The molecule has 0 saturated heterocycles. The quantitative estimate of drug-likeness (QED) is 0.881. The average Bonchev–Trinajstić information content (AvgIpc) is 2.89. The van der Waals surface area contributed by atoms with E-state index in [1.807, 2.05) is 12.3 Å². The molecule has 2 aliphatic heterocycles. The predicted octanol–water partition coefficient (Wildman–Crippen LogP) is 0.940. The Hall–Kier alpha value is -1.72. The summed E-state index contributed by atoms with van der Waals surface area (Å²) in [6, 6.07) is 6.46. The lowest BCUT2D eigenvalue weighted by Crippen LogP contribution is -2.30. The number of aromatic nitrogens is 3. The zero-order chi connectivity index (χ0) is 13.4. The highest BCUT2D eigenvalue weighted by atomic mass is 15.3. The maximum atomic E-state index is 4.72. The smallest absolute Gasteiger partial charge is 0.0768 e. The monoisotopic (exact) mass is 269 g/mol. The van der Waals surface area contributed by atoms with Crippen LogP contribution in [0.5, 0.6) is 0 Å². The molecule has 20 heavy (non-hydrogen) atoms. The minimum Gasteiger partial charge on any atom is -0.309 e. The third kappa shape index (κ3) is 2.23. The summed E-state index contributed by atoms with van der Waals surface area (Å²) >= 11 is 0. The van der Waals surface area contributed by atoms with Gasteiger partial charge in [0.2, 0.25) is 0 Å². The summed E-state index contributed by atoms with van der Waals surface area (Å²) in [5.74, 6) is 0. The molecule has 2 aliphatic rings. The van der Waals surface area contributed by atoms with Crippen LogP contribution < -0.4 is 5.32 Å². The first-order valence-corrected chi connectivity index (χ1v) is 7.30. The largest absolute Gasteiger partial charge is 0.309 e. The molecular formula is C15H19N5. The third-order valence-corrected chi connectivity index (χ3v) is 4.15. The Morgan fingerprint density at radius 2 is 2.30 bits per heavy atom. The van der Waals surface area contributed by atoms with Gasteiger partial charge in [0.1, 0.15) is 0 Å². The summed E-state index contributed by atoms with van der Waals surface area (Å²) in [7, 11) is 0. The second-order valence-corrected chi connectivity index (χ2v) is 5.60. The van der Waals surface area contributed by atoms with Crippen molar-refractivity contribution in [1.29, 1.82) is 0 Å². The molecule has 4 rings (SSSR count). The highest BCUT2D eigenvalue weighted by Gasteiger charge is 2.19. The lowest BCUT2D eigenvalue weighted by molar-refractivity contribution is 0.239. The topological polar surface area (TPSA) is 46.0 Å². The van der Waals surface area contributed by atoms with E-state index in [1.54, 1.807) is 0 Å². The van der Waals surface area contributed by atoms with Crippen molar-refractivity contribution in [2.75, 3.05) is 13.1 Å². The molecule has 0 spiro atoms. The van der Waals surface area contributed by atoms with Crippen molar-refractivity contribution >= 4 is 0 Å². The van der Waals surface area contributed by atoms with Gasteiger partial charge in [-0.25, -0.2) is 0 Å². The number of nitrogens with zero attached hydrogens (tertiary/aromatic N) is 4. The van der Waals surface area contributed by atoms with Gasteiger partial charge in [-0.05, 0) is 17.7 Å². The van der Waals surface area contributed by atoms with Gasteiger partial charge in [0, 0.05) is 51.0 Å². The highest BCUT2D eigenvalue weighted by Crippen LogP contribution is 2.18. The van der Waals surface area contributed by atoms with Gasteiger partial charge in [-0.2, -0.15) is 5.10 Å². The van der Waals surface area contributed by atoms with E-state index in [9.17, 15) is 0 Å². The fourth-order valence-electron chi connectivity index (χ4n) is 3.12. The van der Waals surface area contributed by atoms with Gasteiger partial charge in [-0.15, -0.1) is 0 Å². The number of hydrogen-bond acceptors (Lipinski definition) is 4. The molecule has 0 saturated carbocycles. The molecule has 5 nitrogen and oxygen atoms in total. The van der Waals surface area contributed by atoms with E-state index >= 15 is 0 Å². The fraction of sp³-hybridized carbons (Fsp3) is 0.467. The molecule has 104 valence electrons. The minimum atomic E-state index is 0.939. The van der Waals surface area contributed by atoms with Crippen LogP contribution in [0.4, 0.5) is 0 Å².